The third-order valence-electron chi connectivity index (χ3n) is 5.42. The first-order valence-corrected chi connectivity index (χ1v) is 8.91. The Morgan fingerprint density at radius 1 is 1.17 bits per heavy atom. The van der Waals surface area contributed by atoms with Gasteiger partial charge in [0, 0.05) is 12.6 Å². The fraction of sp³-hybridized carbons (Fsp3) is 0.632. The van der Waals surface area contributed by atoms with E-state index < -0.39 is 0 Å². The molecule has 0 unspecified atom stereocenters. The van der Waals surface area contributed by atoms with Crippen molar-refractivity contribution in [2.45, 2.75) is 56.4 Å². The number of carbonyl (C=O) groups is 1. The van der Waals surface area contributed by atoms with E-state index in [0.717, 1.165) is 62.9 Å². The van der Waals surface area contributed by atoms with Crippen LogP contribution in [0.4, 0.5) is 0 Å². The molecule has 2 aliphatic rings. The number of hydrogen-bond acceptors (Lipinski definition) is 3. The van der Waals surface area contributed by atoms with Crippen LogP contribution in [0.3, 0.4) is 0 Å². The highest BCUT2D eigenvalue weighted by Gasteiger charge is 2.41. The van der Waals surface area contributed by atoms with E-state index in [1.165, 1.54) is 6.42 Å². The fourth-order valence-electron chi connectivity index (χ4n) is 4.01. The molecule has 24 heavy (non-hydrogen) atoms. The van der Waals surface area contributed by atoms with Crippen molar-refractivity contribution in [2.75, 3.05) is 20.2 Å². The zero-order valence-electron chi connectivity index (χ0n) is 14.5. The summed E-state index contributed by atoms with van der Waals surface area (Å²) in [6.45, 7) is 1.96. The molecule has 5 heteroatoms. The van der Waals surface area contributed by atoms with E-state index in [2.05, 4.69) is 22.8 Å². The van der Waals surface area contributed by atoms with Crippen molar-refractivity contribution in [3.05, 3.63) is 29.8 Å². The third-order valence-corrected chi connectivity index (χ3v) is 5.42. The van der Waals surface area contributed by atoms with Gasteiger partial charge < -0.3 is 15.4 Å². The summed E-state index contributed by atoms with van der Waals surface area (Å²) in [6.07, 6.45) is 7.61. The average molecular weight is 353 g/mol. The molecule has 1 saturated carbocycles. The first kappa shape index (κ1) is 19.1. The van der Waals surface area contributed by atoms with E-state index in [9.17, 15) is 4.79 Å². The average Bonchev–Trinajstić information content (AvgIpc) is 2.63. The number of rotatable bonds is 4. The molecule has 0 aromatic heterocycles. The summed E-state index contributed by atoms with van der Waals surface area (Å²) >= 11 is 0. The van der Waals surface area contributed by atoms with Gasteiger partial charge in [-0.2, -0.15) is 0 Å². The summed E-state index contributed by atoms with van der Waals surface area (Å²) < 4.78 is 5.26. The molecule has 0 spiro atoms. The molecular formula is C19H29ClN2O2. The number of halogens is 1. The van der Waals surface area contributed by atoms with Crippen LogP contribution in [-0.2, 0) is 10.2 Å². The van der Waals surface area contributed by atoms with Gasteiger partial charge in [0.15, 0.2) is 0 Å². The Kier molecular flexibility index (Phi) is 6.93. The molecule has 1 aliphatic carbocycles. The lowest BCUT2D eigenvalue weighted by Crippen LogP contribution is -2.53. The number of hydrogen-bond donors (Lipinski definition) is 2. The van der Waals surface area contributed by atoms with Gasteiger partial charge in [0.25, 0.3) is 0 Å². The van der Waals surface area contributed by atoms with Gasteiger partial charge in [-0.15, -0.1) is 12.4 Å². The third kappa shape index (κ3) is 4.04. The molecule has 134 valence electrons. The fourth-order valence-corrected chi connectivity index (χ4v) is 4.01. The first-order valence-electron chi connectivity index (χ1n) is 8.91. The van der Waals surface area contributed by atoms with Gasteiger partial charge in [-0.1, -0.05) is 31.4 Å². The SMILES string of the molecule is COc1ccc(C2(C(=O)N[C@H]3CCCNC3)CCCCC2)cc1.Cl. The van der Waals surface area contributed by atoms with Gasteiger partial charge in [-0.05, 0) is 49.9 Å². The molecule has 0 radical (unpaired) electrons. The van der Waals surface area contributed by atoms with Crippen LogP contribution in [-0.4, -0.2) is 32.1 Å². The van der Waals surface area contributed by atoms with Crippen LogP contribution in [0.25, 0.3) is 0 Å². The van der Waals surface area contributed by atoms with Crippen molar-refractivity contribution in [2.24, 2.45) is 0 Å². The van der Waals surface area contributed by atoms with Crippen LogP contribution in [0.15, 0.2) is 24.3 Å². The van der Waals surface area contributed by atoms with E-state index in [0.29, 0.717) is 0 Å². The van der Waals surface area contributed by atoms with Crippen molar-refractivity contribution in [3.63, 3.8) is 0 Å². The van der Waals surface area contributed by atoms with E-state index in [4.69, 9.17) is 4.74 Å². The summed E-state index contributed by atoms with van der Waals surface area (Å²) in [6, 6.07) is 8.36. The maximum atomic E-state index is 13.2. The van der Waals surface area contributed by atoms with Crippen molar-refractivity contribution >= 4 is 18.3 Å². The van der Waals surface area contributed by atoms with E-state index in [-0.39, 0.29) is 29.8 Å². The molecule has 1 aromatic rings. The summed E-state index contributed by atoms with van der Waals surface area (Å²) in [7, 11) is 1.67. The summed E-state index contributed by atoms with van der Waals surface area (Å²) in [5.74, 6) is 1.06. The molecule has 1 atom stereocenters. The highest BCUT2D eigenvalue weighted by Crippen LogP contribution is 2.40. The number of carbonyl (C=O) groups excluding carboxylic acids is 1. The first-order chi connectivity index (χ1) is 11.2. The quantitative estimate of drug-likeness (QED) is 0.875. The Hall–Kier alpha value is -1.26. The van der Waals surface area contributed by atoms with Crippen molar-refractivity contribution in [1.29, 1.82) is 0 Å². The molecule has 4 nitrogen and oxygen atoms in total. The lowest BCUT2D eigenvalue weighted by atomic mass is 9.68. The number of methoxy groups -OCH3 is 1. The van der Waals surface area contributed by atoms with Gasteiger partial charge in [-0.3, -0.25) is 4.79 Å². The van der Waals surface area contributed by atoms with E-state index in [1.54, 1.807) is 7.11 Å². The predicted molar refractivity (Wildman–Crippen MR) is 99.0 cm³/mol. The number of amides is 1. The molecular weight excluding hydrogens is 324 g/mol. The normalized spacial score (nSPS) is 23.0. The Balaban J connectivity index is 0.00000208. The molecule has 1 amide bonds. The minimum atomic E-state index is -0.359. The maximum Gasteiger partial charge on any atom is 0.230 e. The second-order valence-electron chi connectivity index (χ2n) is 6.89. The summed E-state index contributed by atoms with van der Waals surface area (Å²) in [5.41, 5.74) is 0.779. The van der Waals surface area contributed by atoms with Crippen molar-refractivity contribution in [3.8, 4) is 5.75 Å². The molecule has 2 fully saturated rings. The predicted octanol–water partition coefficient (Wildman–Crippen LogP) is 3.19. The molecule has 1 aliphatic heterocycles. The van der Waals surface area contributed by atoms with Gasteiger partial charge in [-0.25, -0.2) is 0 Å². The van der Waals surface area contributed by atoms with Gasteiger partial charge in [0.05, 0.1) is 12.5 Å². The second-order valence-corrected chi connectivity index (χ2v) is 6.89. The van der Waals surface area contributed by atoms with Gasteiger partial charge >= 0.3 is 0 Å². The second kappa shape index (κ2) is 8.72. The number of benzene rings is 1. The van der Waals surface area contributed by atoms with Gasteiger partial charge in [0.1, 0.15) is 5.75 Å². The monoisotopic (exact) mass is 352 g/mol. The van der Waals surface area contributed by atoms with Gasteiger partial charge in [0.2, 0.25) is 5.91 Å². The minimum absolute atomic E-state index is 0. The largest absolute Gasteiger partial charge is 0.497 e. The van der Waals surface area contributed by atoms with E-state index >= 15 is 0 Å². The molecule has 1 aromatic carbocycles. The zero-order chi connectivity index (χ0) is 16.1. The summed E-state index contributed by atoms with van der Waals surface area (Å²) in [4.78, 5) is 13.2. The summed E-state index contributed by atoms with van der Waals surface area (Å²) in [5, 5.41) is 6.70. The lowest BCUT2D eigenvalue weighted by molar-refractivity contribution is -0.129. The van der Waals surface area contributed by atoms with Crippen LogP contribution in [0.2, 0.25) is 0 Å². The Morgan fingerprint density at radius 2 is 1.88 bits per heavy atom. The molecule has 1 saturated heterocycles. The lowest BCUT2D eigenvalue weighted by Gasteiger charge is -2.38. The van der Waals surface area contributed by atoms with Crippen LogP contribution in [0, 0.1) is 0 Å². The van der Waals surface area contributed by atoms with Crippen LogP contribution in [0.1, 0.15) is 50.5 Å². The molecule has 3 rings (SSSR count). The molecule has 1 heterocycles. The molecule has 2 N–H and O–H groups in total. The zero-order valence-corrected chi connectivity index (χ0v) is 15.3. The molecule has 0 bridgehead atoms. The standard InChI is InChI=1S/C19H28N2O2.ClH/c1-23-17-9-7-15(8-10-17)19(11-3-2-4-12-19)18(22)21-16-6-5-13-20-14-16;/h7-10,16,20H,2-6,11-14H2,1H3,(H,21,22);1H/t16-;/m0./s1. The van der Waals surface area contributed by atoms with Crippen LogP contribution in [0.5, 0.6) is 5.75 Å². The Labute approximate surface area is 151 Å². The highest BCUT2D eigenvalue weighted by molar-refractivity contribution is 5.88. The smallest absolute Gasteiger partial charge is 0.230 e. The Morgan fingerprint density at radius 3 is 2.46 bits per heavy atom. The van der Waals surface area contributed by atoms with E-state index in [1.807, 2.05) is 12.1 Å². The maximum absolute atomic E-state index is 13.2. The number of ether oxygens (including phenoxy) is 1. The topological polar surface area (TPSA) is 50.4 Å². The van der Waals surface area contributed by atoms with Crippen molar-refractivity contribution < 1.29 is 9.53 Å². The Bertz CT molecular complexity index is 521. The van der Waals surface area contributed by atoms with Crippen LogP contribution >= 0.6 is 12.4 Å². The number of nitrogens with one attached hydrogen (secondary N) is 2. The van der Waals surface area contributed by atoms with Crippen molar-refractivity contribution in [1.82, 2.24) is 10.6 Å². The highest BCUT2D eigenvalue weighted by atomic mass is 35.5. The minimum Gasteiger partial charge on any atom is -0.497 e. The van der Waals surface area contributed by atoms with Crippen LogP contribution < -0.4 is 15.4 Å². The number of piperidine rings is 1.